The number of hydrogen-bond donors (Lipinski definition) is 1. The van der Waals surface area contributed by atoms with Crippen LogP contribution in [0, 0.1) is 0 Å². The Morgan fingerprint density at radius 3 is 1.67 bits per heavy atom. The molecule has 7 nitrogen and oxygen atoms in total. The Morgan fingerprint density at radius 2 is 1.33 bits per heavy atom. The van der Waals surface area contributed by atoms with Gasteiger partial charge in [0, 0.05) is 0 Å². The quantitative estimate of drug-likeness (QED) is 0.338. The summed E-state index contributed by atoms with van der Waals surface area (Å²) in [5, 5.41) is 0. The van der Waals surface area contributed by atoms with Crippen LogP contribution in [0.1, 0.15) is 55.4 Å². The molecule has 1 heterocycles. The summed E-state index contributed by atoms with van der Waals surface area (Å²) in [5.41, 5.74) is 0. The topological polar surface area (TPSA) is 64.5 Å². The number of rotatable bonds is 8. The van der Waals surface area contributed by atoms with E-state index in [1.54, 1.807) is 0 Å². The zero-order chi connectivity index (χ0) is 18.8. The summed E-state index contributed by atoms with van der Waals surface area (Å²) in [6.45, 7) is 10.9. The Labute approximate surface area is 157 Å². The van der Waals surface area contributed by atoms with Gasteiger partial charge < -0.3 is 0 Å². The zero-order valence-electron chi connectivity index (χ0n) is 15.5. The molecular formula is C12H30Cl2N3O4P3. The van der Waals surface area contributed by atoms with Gasteiger partial charge >= 0.3 is 158 Å². The molecule has 0 aromatic carbocycles. The standard InChI is InChI=1S/C12H30Cl2N3O4P3/c1-9(2)18-23(19-10(3)4)15-22-16-24(14,17(23)13,20-11(5)6)21-12(7)8/h9-12,16,22H,1-8H3. The second-order valence-corrected chi connectivity index (χ2v) is 15.6. The van der Waals surface area contributed by atoms with E-state index in [-0.39, 0.29) is 33.3 Å². The molecule has 0 aliphatic carbocycles. The van der Waals surface area contributed by atoms with Gasteiger partial charge in [0.05, 0.1) is 0 Å². The van der Waals surface area contributed by atoms with E-state index in [1.807, 2.05) is 55.4 Å². The average Bonchev–Trinajstić information content (AvgIpc) is 2.32. The molecular weight excluding hydrogens is 414 g/mol. The van der Waals surface area contributed by atoms with E-state index in [9.17, 15) is 0 Å². The van der Waals surface area contributed by atoms with Gasteiger partial charge in [0.25, 0.3) is 0 Å². The van der Waals surface area contributed by atoms with E-state index in [0.717, 1.165) is 0 Å². The third-order valence-electron chi connectivity index (χ3n) is 2.38. The van der Waals surface area contributed by atoms with Crippen molar-refractivity contribution in [2.75, 3.05) is 0 Å². The molecule has 0 radical (unpaired) electrons. The molecule has 0 spiro atoms. The Bertz CT molecular complexity index is 470. The van der Waals surface area contributed by atoms with Gasteiger partial charge in [-0.15, -0.1) is 0 Å². The van der Waals surface area contributed by atoms with E-state index in [2.05, 4.69) is 9.37 Å². The van der Waals surface area contributed by atoms with Crippen LogP contribution in [0.25, 0.3) is 0 Å². The van der Waals surface area contributed by atoms with Crippen LogP contribution < -0.4 is 4.86 Å². The van der Waals surface area contributed by atoms with Gasteiger partial charge in [-0.3, -0.25) is 0 Å². The van der Waals surface area contributed by atoms with Gasteiger partial charge in [-0.05, 0) is 0 Å². The molecule has 24 heavy (non-hydrogen) atoms. The van der Waals surface area contributed by atoms with Crippen LogP contribution in [0.15, 0.2) is 4.52 Å². The maximum atomic E-state index is 7.01. The van der Waals surface area contributed by atoms with Crippen LogP contribution in [-0.4, -0.2) is 28.4 Å². The fourth-order valence-electron chi connectivity index (χ4n) is 2.02. The van der Waals surface area contributed by atoms with E-state index in [4.69, 9.17) is 41.1 Å². The molecule has 0 bridgehead atoms. The van der Waals surface area contributed by atoms with Gasteiger partial charge in [-0.25, -0.2) is 0 Å². The molecule has 1 unspecified atom stereocenters. The molecule has 1 aliphatic rings. The predicted octanol–water partition coefficient (Wildman–Crippen LogP) is 6.57. The molecule has 0 amide bonds. The van der Waals surface area contributed by atoms with Crippen molar-refractivity contribution in [1.82, 2.24) is 8.82 Å². The van der Waals surface area contributed by atoms with Crippen LogP contribution in [0.2, 0.25) is 0 Å². The van der Waals surface area contributed by atoms with Crippen molar-refractivity contribution in [2.45, 2.75) is 79.8 Å². The molecule has 1 rings (SSSR count). The minimum atomic E-state index is -4.14. The van der Waals surface area contributed by atoms with Gasteiger partial charge in [-0.2, -0.15) is 0 Å². The third-order valence-corrected chi connectivity index (χ3v) is 14.9. The summed E-state index contributed by atoms with van der Waals surface area (Å²) in [4.78, 5) is 3.10. The Morgan fingerprint density at radius 1 is 0.917 bits per heavy atom. The van der Waals surface area contributed by atoms with Gasteiger partial charge in [0.1, 0.15) is 0 Å². The van der Waals surface area contributed by atoms with Crippen LogP contribution in [-0.2, 0) is 18.1 Å². The van der Waals surface area contributed by atoms with Gasteiger partial charge in [-0.1, -0.05) is 0 Å². The monoisotopic (exact) mass is 443 g/mol. The zero-order valence-corrected chi connectivity index (χ0v) is 19.8. The normalized spacial score (nSPS) is 26.0. The third kappa shape index (κ3) is 5.47. The molecule has 0 saturated carbocycles. The van der Waals surface area contributed by atoms with Crippen molar-refractivity contribution in [3.05, 3.63) is 0 Å². The van der Waals surface area contributed by atoms with Crippen molar-refractivity contribution >= 4 is 46.3 Å². The SMILES string of the molecule is CC(C)OP1(OC(C)C)=NPNP(Cl)(OC(C)C)(OC(C)C)N1Cl. The van der Waals surface area contributed by atoms with Crippen molar-refractivity contribution in [2.24, 2.45) is 4.52 Å². The summed E-state index contributed by atoms with van der Waals surface area (Å²) in [6.07, 6.45) is -0.770. The number of halogens is 2. The second kappa shape index (κ2) is 8.63. The van der Waals surface area contributed by atoms with E-state index in [1.165, 1.54) is 3.96 Å². The molecule has 0 aromatic rings. The minimum absolute atomic E-state index is 0.116. The van der Waals surface area contributed by atoms with Crippen molar-refractivity contribution in [3.8, 4) is 0 Å². The average molecular weight is 444 g/mol. The summed E-state index contributed by atoms with van der Waals surface area (Å²) in [7, 11) is -3.16. The van der Waals surface area contributed by atoms with Crippen LogP contribution in [0.5, 0.6) is 0 Å². The van der Waals surface area contributed by atoms with Crippen LogP contribution in [0.4, 0.5) is 0 Å². The number of hydrogen-bond acceptors (Lipinski definition) is 7. The Balaban J connectivity index is 3.46. The van der Waals surface area contributed by atoms with Gasteiger partial charge in [0.2, 0.25) is 0 Å². The Hall–Kier alpha value is 1.43. The van der Waals surface area contributed by atoms with Crippen molar-refractivity contribution in [3.63, 3.8) is 0 Å². The first-order valence-corrected chi connectivity index (χ1v) is 13.7. The summed E-state index contributed by atoms with van der Waals surface area (Å²) in [6, 6.07) is 0. The molecule has 1 aliphatic heterocycles. The molecule has 0 saturated heterocycles. The summed E-state index contributed by atoms with van der Waals surface area (Å²) in [5.74, 6) is 0. The fraction of sp³-hybridized carbons (Fsp3) is 1.00. The molecule has 0 fully saturated rings. The maximum absolute atomic E-state index is 7.01. The molecule has 1 atom stereocenters. The Kier molecular flexibility index (Phi) is 8.44. The van der Waals surface area contributed by atoms with Crippen molar-refractivity contribution in [1.29, 1.82) is 0 Å². The van der Waals surface area contributed by atoms with Crippen LogP contribution >= 0.6 is 46.3 Å². The summed E-state index contributed by atoms with van der Waals surface area (Å²) < 4.78 is 30.1. The first-order chi connectivity index (χ1) is 10.8. The second-order valence-electron chi connectivity index (χ2n) is 6.49. The molecule has 12 heteroatoms. The fourth-order valence-corrected chi connectivity index (χ4v) is 14.1. The van der Waals surface area contributed by atoms with E-state index < -0.39 is 14.4 Å². The summed E-state index contributed by atoms with van der Waals surface area (Å²) >= 11 is 13.7. The van der Waals surface area contributed by atoms with Gasteiger partial charge in [0.15, 0.2) is 0 Å². The molecule has 1 N–H and O–H groups in total. The molecule has 0 aromatic heterocycles. The molecule has 146 valence electrons. The first-order valence-electron chi connectivity index (χ1n) is 7.93. The number of nitrogens with one attached hydrogen (secondary N) is 1. The first kappa shape index (κ1) is 23.5. The van der Waals surface area contributed by atoms with E-state index >= 15 is 0 Å². The van der Waals surface area contributed by atoms with Crippen molar-refractivity contribution < 1.29 is 18.1 Å². The number of nitrogens with zero attached hydrogens (tertiary/aromatic N) is 2. The van der Waals surface area contributed by atoms with E-state index in [0.29, 0.717) is 0 Å². The predicted molar refractivity (Wildman–Crippen MR) is 106 cm³/mol. The van der Waals surface area contributed by atoms with Crippen LogP contribution in [0.3, 0.4) is 0 Å².